The molecule has 0 bridgehead atoms. The van der Waals surface area contributed by atoms with Gasteiger partial charge in [-0.2, -0.15) is 0 Å². The smallest absolute Gasteiger partial charge is 0.0748 e. The molecule has 1 unspecified atom stereocenters. The number of hydrogen-bond donors (Lipinski definition) is 1. The van der Waals surface area contributed by atoms with Gasteiger partial charge < -0.3 is 5.32 Å². The number of aromatic nitrogens is 1. The zero-order valence-corrected chi connectivity index (χ0v) is 11.3. The molecule has 1 fully saturated rings. The molecule has 0 amide bonds. The molecular formula is C17H20N2. The Morgan fingerprint density at radius 2 is 1.89 bits per heavy atom. The van der Waals surface area contributed by atoms with Crippen molar-refractivity contribution in [2.24, 2.45) is 0 Å². The molecule has 2 nitrogen and oxygen atoms in total. The molecule has 0 aliphatic heterocycles. The Morgan fingerprint density at radius 3 is 2.42 bits per heavy atom. The number of pyridine rings is 1. The van der Waals surface area contributed by atoms with Crippen LogP contribution in [0.3, 0.4) is 0 Å². The third-order valence-electron chi connectivity index (χ3n) is 4.12. The van der Waals surface area contributed by atoms with Gasteiger partial charge in [0.15, 0.2) is 0 Å². The lowest BCUT2D eigenvalue weighted by Gasteiger charge is -2.26. The molecule has 2 aromatic rings. The molecule has 0 radical (unpaired) electrons. The highest BCUT2D eigenvalue weighted by Crippen LogP contribution is 2.36. The maximum absolute atomic E-state index is 4.45. The maximum atomic E-state index is 4.45. The van der Waals surface area contributed by atoms with Gasteiger partial charge in [0.05, 0.1) is 11.7 Å². The topological polar surface area (TPSA) is 24.9 Å². The summed E-state index contributed by atoms with van der Waals surface area (Å²) in [5.74, 6) is 0.803. The van der Waals surface area contributed by atoms with Crippen LogP contribution in [0.5, 0.6) is 0 Å². The third-order valence-corrected chi connectivity index (χ3v) is 4.12. The van der Waals surface area contributed by atoms with E-state index in [1.54, 1.807) is 0 Å². The van der Waals surface area contributed by atoms with Crippen molar-refractivity contribution in [2.75, 3.05) is 7.05 Å². The number of rotatable bonds is 4. The second-order valence-corrected chi connectivity index (χ2v) is 5.27. The van der Waals surface area contributed by atoms with E-state index in [1.165, 1.54) is 30.4 Å². The Balaban J connectivity index is 1.83. The summed E-state index contributed by atoms with van der Waals surface area (Å²) in [6.45, 7) is 0. The van der Waals surface area contributed by atoms with Gasteiger partial charge in [-0.3, -0.25) is 4.98 Å². The fourth-order valence-corrected chi connectivity index (χ4v) is 2.73. The number of benzene rings is 1. The van der Waals surface area contributed by atoms with E-state index < -0.39 is 0 Å². The van der Waals surface area contributed by atoms with Crippen LogP contribution in [0.1, 0.15) is 48.0 Å². The lowest BCUT2D eigenvalue weighted by molar-refractivity contribution is 0.419. The van der Waals surface area contributed by atoms with Crippen molar-refractivity contribution in [3.05, 3.63) is 65.5 Å². The molecule has 1 N–H and O–H groups in total. The van der Waals surface area contributed by atoms with Crippen molar-refractivity contribution in [1.29, 1.82) is 0 Å². The highest BCUT2D eigenvalue weighted by atomic mass is 14.9. The zero-order chi connectivity index (χ0) is 13.1. The number of nitrogens with one attached hydrogen (secondary N) is 1. The van der Waals surface area contributed by atoms with Gasteiger partial charge in [-0.15, -0.1) is 0 Å². The van der Waals surface area contributed by atoms with Crippen molar-refractivity contribution in [3.63, 3.8) is 0 Å². The van der Waals surface area contributed by atoms with E-state index in [0.29, 0.717) is 0 Å². The minimum Gasteiger partial charge on any atom is -0.308 e. The Hall–Kier alpha value is -1.67. The predicted octanol–water partition coefficient (Wildman–Crippen LogP) is 3.66. The lowest BCUT2D eigenvalue weighted by atomic mass is 9.80. The molecule has 3 rings (SSSR count). The summed E-state index contributed by atoms with van der Waals surface area (Å²) in [5, 5.41) is 3.35. The largest absolute Gasteiger partial charge is 0.308 e. The quantitative estimate of drug-likeness (QED) is 0.898. The first-order valence-corrected chi connectivity index (χ1v) is 7.06. The van der Waals surface area contributed by atoms with Crippen LogP contribution in [0, 0.1) is 0 Å². The van der Waals surface area contributed by atoms with Crippen molar-refractivity contribution in [3.8, 4) is 0 Å². The molecule has 19 heavy (non-hydrogen) atoms. The fraction of sp³-hybridized carbons (Fsp3) is 0.353. The van der Waals surface area contributed by atoms with Gasteiger partial charge in [0, 0.05) is 6.20 Å². The van der Waals surface area contributed by atoms with Crippen LogP contribution >= 0.6 is 0 Å². The molecule has 0 spiro atoms. The average molecular weight is 252 g/mol. The van der Waals surface area contributed by atoms with Gasteiger partial charge >= 0.3 is 0 Å². The highest BCUT2D eigenvalue weighted by Gasteiger charge is 2.20. The van der Waals surface area contributed by atoms with E-state index in [0.717, 1.165) is 11.6 Å². The first kappa shape index (κ1) is 12.4. The van der Waals surface area contributed by atoms with Gasteiger partial charge in [0.1, 0.15) is 0 Å². The summed E-state index contributed by atoms with van der Waals surface area (Å²) in [6.07, 6.45) is 5.95. The molecule has 98 valence electrons. The summed E-state index contributed by atoms with van der Waals surface area (Å²) in [6, 6.07) is 15.3. The molecular weight excluding hydrogens is 232 g/mol. The van der Waals surface area contributed by atoms with E-state index in [2.05, 4.69) is 40.6 Å². The second kappa shape index (κ2) is 5.54. The summed E-state index contributed by atoms with van der Waals surface area (Å²) < 4.78 is 0. The molecule has 1 aromatic heterocycles. The van der Waals surface area contributed by atoms with Crippen LogP contribution in [0.2, 0.25) is 0 Å². The van der Waals surface area contributed by atoms with Crippen LogP contribution in [0.25, 0.3) is 0 Å². The van der Waals surface area contributed by atoms with E-state index >= 15 is 0 Å². The Kier molecular flexibility index (Phi) is 3.60. The molecule has 1 atom stereocenters. The lowest BCUT2D eigenvalue weighted by Crippen LogP contribution is -2.19. The minimum absolute atomic E-state index is 0.177. The minimum atomic E-state index is 0.177. The van der Waals surface area contributed by atoms with Crippen LogP contribution in [-0.2, 0) is 0 Å². The fourth-order valence-electron chi connectivity index (χ4n) is 2.73. The van der Waals surface area contributed by atoms with Gasteiger partial charge in [-0.1, -0.05) is 36.8 Å². The van der Waals surface area contributed by atoms with Gasteiger partial charge in [0.25, 0.3) is 0 Å². The van der Waals surface area contributed by atoms with Gasteiger partial charge in [0.2, 0.25) is 0 Å². The Labute approximate surface area is 114 Å². The van der Waals surface area contributed by atoms with Crippen molar-refractivity contribution >= 4 is 0 Å². The van der Waals surface area contributed by atoms with Crippen molar-refractivity contribution in [1.82, 2.24) is 10.3 Å². The Bertz CT molecular complexity index is 515. The maximum Gasteiger partial charge on any atom is 0.0748 e. The third kappa shape index (κ3) is 2.54. The molecule has 1 aromatic carbocycles. The van der Waals surface area contributed by atoms with Crippen LogP contribution in [0.15, 0.2) is 48.7 Å². The average Bonchev–Trinajstić information content (AvgIpc) is 2.41. The molecule has 0 saturated heterocycles. The van der Waals surface area contributed by atoms with Gasteiger partial charge in [-0.25, -0.2) is 0 Å². The summed E-state index contributed by atoms with van der Waals surface area (Å²) in [7, 11) is 1.99. The SMILES string of the molecule is CNC(c1ccc(C2CCC2)cc1)c1ccccn1. The molecule has 2 heteroatoms. The number of nitrogens with zero attached hydrogens (tertiary/aromatic N) is 1. The normalized spacial score (nSPS) is 16.9. The summed E-state index contributed by atoms with van der Waals surface area (Å²) in [5.41, 5.74) is 3.84. The van der Waals surface area contributed by atoms with Gasteiger partial charge in [-0.05, 0) is 49.1 Å². The number of hydrogen-bond acceptors (Lipinski definition) is 2. The molecule has 1 saturated carbocycles. The first-order chi connectivity index (χ1) is 9.38. The Morgan fingerprint density at radius 1 is 1.11 bits per heavy atom. The van der Waals surface area contributed by atoms with E-state index in [-0.39, 0.29) is 6.04 Å². The predicted molar refractivity (Wildman–Crippen MR) is 78.2 cm³/mol. The second-order valence-electron chi connectivity index (χ2n) is 5.27. The van der Waals surface area contributed by atoms with E-state index in [4.69, 9.17) is 0 Å². The van der Waals surface area contributed by atoms with Crippen molar-refractivity contribution < 1.29 is 0 Å². The molecule has 1 aliphatic rings. The molecule has 1 aliphatic carbocycles. The zero-order valence-electron chi connectivity index (χ0n) is 11.3. The van der Waals surface area contributed by atoms with Crippen LogP contribution < -0.4 is 5.32 Å². The van der Waals surface area contributed by atoms with Crippen LogP contribution in [-0.4, -0.2) is 12.0 Å². The summed E-state index contributed by atoms with van der Waals surface area (Å²) >= 11 is 0. The van der Waals surface area contributed by atoms with E-state index in [1.807, 2.05) is 25.4 Å². The van der Waals surface area contributed by atoms with Crippen molar-refractivity contribution in [2.45, 2.75) is 31.2 Å². The standard InChI is InChI=1S/C17H20N2/c1-18-17(16-7-2-3-12-19-16)15-10-8-14(9-11-15)13-5-4-6-13/h2-3,7-13,17-18H,4-6H2,1H3. The highest BCUT2D eigenvalue weighted by molar-refractivity contribution is 5.32. The molecule has 1 heterocycles. The van der Waals surface area contributed by atoms with E-state index in [9.17, 15) is 0 Å². The van der Waals surface area contributed by atoms with Crippen LogP contribution in [0.4, 0.5) is 0 Å². The first-order valence-electron chi connectivity index (χ1n) is 7.06. The summed E-state index contributed by atoms with van der Waals surface area (Å²) in [4.78, 5) is 4.45. The monoisotopic (exact) mass is 252 g/mol.